The summed E-state index contributed by atoms with van der Waals surface area (Å²) >= 11 is 1.92. The third-order valence-corrected chi connectivity index (χ3v) is 3.93. The molecule has 0 aliphatic carbocycles. The van der Waals surface area contributed by atoms with E-state index in [2.05, 4.69) is 34.6 Å². The first-order chi connectivity index (χ1) is 8.22. The fourth-order valence-electron chi connectivity index (χ4n) is 1.77. The Labute approximate surface area is 115 Å². The number of ether oxygens (including phenoxy) is 1. The molecule has 0 saturated carbocycles. The summed E-state index contributed by atoms with van der Waals surface area (Å²) in [5.41, 5.74) is 7.52. The van der Waals surface area contributed by atoms with Crippen LogP contribution in [0, 0.1) is 0 Å². The predicted molar refractivity (Wildman–Crippen MR) is 82.0 cm³/mol. The molecule has 0 aliphatic heterocycles. The molecule has 0 spiro atoms. The molecule has 0 aromatic heterocycles. The van der Waals surface area contributed by atoms with E-state index in [1.54, 1.807) is 0 Å². The second-order valence-electron chi connectivity index (χ2n) is 5.91. The Morgan fingerprint density at radius 3 is 2.28 bits per heavy atom. The van der Waals surface area contributed by atoms with Gasteiger partial charge in [0.05, 0.1) is 12.2 Å². The van der Waals surface area contributed by atoms with Crippen molar-refractivity contribution in [2.45, 2.75) is 45.0 Å². The first-order valence-corrected chi connectivity index (χ1v) is 7.34. The molecule has 0 atom stereocenters. The van der Waals surface area contributed by atoms with Crippen molar-refractivity contribution in [1.29, 1.82) is 0 Å². The highest BCUT2D eigenvalue weighted by molar-refractivity contribution is 8.00. The highest BCUT2D eigenvalue weighted by atomic mass is 32.2. The van der Waals surface area contributed by atoms with Crippen LogP contribution in [0.4, 0.5) is 5.69 Å². The number of nitrogen functional groups attached to an aromatic ring is 1. The Kier molecular flexibility index (Phi) is 5.11. The summed E-state index contributed by atoms with van der Waals surface area (Å²) < 4.78 is 6.28. The van der Waals surface area contributed by atoms with E-state index in [0.717, 1.165) is 23.6 Å². The van der Waals surface area contributed by atoms with E-state index in [1.807, 2.05) is 36.0 Å². The number of rotatable bonds is 5. The molecule has 0 bridgehead atoms. The molecule has 0 unspecified atom stereocenters. The monoisotopic (exact) mass is 267 g/mol. The standard InChI is InChI=1S/C15H25NOS/c1-14(2,3)18-11-10-17-15(4,5)12-8-6-7-9-13(12)16/h6-9H,10-11,16H2,1-5H3. The zero-order valence-electron chi connectivity index (χ0n) is 12.1. The summed E-state index contributed by atoms with van der Waals surface area (Å²) in [5.74, 6) is 1.000. The Morgan fingerprint density at radius 1 is 1.11 bits per heavy atom. The topological polar surface area (TPSA) is 35.2 Å². The maximum Gasteiger partial charge on any atom is 0.0895 e. The summed E-state index contributed by atoms with van der Waals surface area (Å²) in [6, 6.07) is 7.90. The SMILES string of the molecule is CC(C)(C)SCCOC(C)(C)c1ccccc1N. The van der Waals surface area contributed by atoms with Gasteiger partial charge in [-0.05, 0) is 19.9 Å². The molecular formula is C15H25NOS. The molecule has 0 saturated heterocycles. The molecular weight excluding hydrogens is 242 g/mol. The molecule has 1 rings (SSSR count). The Bertz CT molecular complexity index is 382. The van der Waals surface area contributed by atoms with Gasteiger partial charge in [0, 0.05) is 21.8 Å². The maximum atomic E-state index is 5.99. The van der Waals surface area contributed by atoms with Crippen LogP contribution in [0.25, 0.3) is 0 Å². The third kappa shape index (κ3) is 4.91. The van der Waals surface area contributed by atoms with Crippen LogP contribution in [0.5, 0.6) is 0 Å². The first-order valence-electron chi connectivity index (χ1n) is 6.35. The third-order valence-electron chi connectivity index (χ3n) is 2.69. The number of hydrogen-bond donors (Lipinski definition) is 1. The van der Waals surface area contributed by atoms with Crippen LogP contribution in [0.15, 0.2) is 24.3 Å². The van der Waals surface area contributed by atoms with Crippen LogP contribution in [0.1, 0.15) is 40.2 Å². The van der Waals surface area contributed by atoms with Crippen LogP contribution in [-0.4, -0.2) is 17.1 Å². The van der Waals surface area contributed by atoms with Gasteiger partial charge < -0.3 is 10.5 Å². The number of para-hydroxylation sites is 1. The fourth-order valence-corrected chi connectivity index (χ4v) is 2.55. The molecule has 1 aromatic rings. The van der Waals surface area contributed by atoms with E-state index in [-0.39, 0.29) is 5.60 Å². The summed E-state index contributed by atoms with van der Waals surface area (Å²) in [6.45, 7) is 11.5. The molecule has 18 heavy (non-hydrogen) atoms. The summed E-state index contributed by atoms with van der Waals surface area (Å²) in [4.78, 5) is 0. The largest absolute Gasteiger partial charge is 0.398 e. The van der Waals surface area contributed by atoms with Crippen molar-refractivity contribution in [3.63, 3.8) is 0 Å². The lowest BCUT2D eigenvalue weighted by molar-refractivity contribution is -0.0119. The molecule has 3 heteroatoms. The number of nitrogens with two attached hydrogens (primary N) is 1. The summed E-state index contributed by atoms with van der Waals surface area (Å²) in [6.07, 6.45) is 0. The number of benzene rings is 1. The smallest absolute Gasteiger partial charge is 0.0895 e. The minimum absolute atomic E-state index is 0.291. The molecule has 2 nitrogen and oxygen atoms in total. The lowest BCUT2D eigenvalue weighted by Gasteiger charge is -2.28. The molecule has 1 aromatic carbocycles. The minimum Gasteiger partial charge on any atom is -0.398 e. The van der Waals surface area contributed by atoms with Gasteiger partial charge in [-0.1, -0.05) is 39.0 Å². The van der Waals surface area contributed by atoms with Crippen molar-refractivity contribution in [2.24, 2.45) is 0 Å². The van der Waals surface area contributed by atoms with Crippen molar-refractivity contribution in [1.82, 2.24) is 0 Å². The van der Waals surface area contributed by atoms with Gasteiger partial charge in [-0.25, -0.2) is 0 Å². The lowest BCUT2D eigenvalue weighted by Crippen LogP contribution is -2.25. The van der Waals surface area contributed by atoms with Crippen LogP contribution >= 0.6 is 11.8 Å². The Balaban J connectivity index is 2.53. The average molecular weight is 267 g/mol. The van der Waals surface area contributed by atoms with Gasteiger partial charge in [0.15, 0.2) is 0 Å². The van der Waals surface area contributed by atoms with Crippen LogP contribution in [0.2, 0.25) is 0 Å². The maximum absolute atomic E-state index is 5.99. The Morgan fingerprint density at radius 2 is 1.72 bits per heavy atom. The minimum atomic E-state index is -0.330. The van der Waals surface area contributed by atoms with Gasteiger partial charge in [0.1, 0.15) is 0 Å². The molecule has 102 valence electrons. The van der Waals surface area contributed by atoms with Crippen molar-refractivity contribution in [2.75, 3.05) is 18.1 Å². The van der Waals surface area contributed by atoms with E-state index < -0.39 is 0 Å². The van der Waals surface area contributed by atoms with E-state index >= 15 is 0 Å². The molecule has 0 aliphatic rings. The van der Waals surface area contributed by atoms with Crippen molar-refractivity contribution < 1.29 is 4.74 Å². The van der Waals surface area contributed by atoms with Gasteiger partial charge in [-0.15, -0.1) is 0 Å². The van der Waals surface area contributed by atoms with Gasteiger partial charge in [-0.3, -0.25) is 0 Å². The highest BCUT2D eigenvalue weighted by Gasteiger charge is 2.23. The van der Waals surface area contributed by atoms with Gasteiger partial charge >= 0.3 is 0 Å². The molecule has 0 heterocycles. The molecule has 0 amide bonds. The average Bonchev–Trinajstić information content (AvgIpc) is 2.24. The summed E-state index contributed by atoms with van der Waals surface area (Å²) in [7, 11) is 0. The first kappa shape index (κ1) is 15.4. The van der Waals surface area contributed by atoms with Crippen LogP contribution < -0.4 is 5.73 Å². The predicted octanol–water partition coefficient (Wildman–Crippen LogP) is 4.05. The Hall–Kier alpha value is -0.670. The van der Waals surface area contributed by atoms with Crippen molar-refractivity contribution in [3.8, 4) is 0 Å². The molecule has 0 fully saturated rings. The van der Waals surface area contributed by atoms with Gasteiger partial charge in [-0.2, -0.15) is 11.8 Å². The second kappa shape index (κ2) is 5.98. The molecule has 0 radical (unpaired) electrons. The number of anilines is 1. The van der Waals surface area contributed by atoms with E-state index in [4.69, 9.17) is 10.5 Å². The van der Waals surface area contributed by atoms with Crippen LogP contribution in [0.3, 0.4) is 0 Å². The van der Waals surface area contributed by atoms with Crippen molar-refractivity contribution in [3.05, 3.63) is 29.8 Å². The molecule has 2 N–H and O–H groups in total. The fraction of sp³-hybridized carbons (Fsp3) is 0.600. The number of hydrogen-bond acceptors (Lipinski definition) is 3. The van der Waals surface area contributed by atoms with Gasteiger partial charge in [0.2, 0.25) is 0 Å². The lowest BCUT2D eigenvalue weighted by atomic mass is 9.96. The van der Waals surface area contributed by atoms with E-state index in [9.17, 15) is 0 Å². The van der Waals surface area contributed by atoms with E-state index in [1.165, 1.54) is 0 Å². The van der Waals surface area contributed by atoms with E-state index in [0.29, 0.717) is 4.75 Å². The summed E-state index contributed by atoms with van der Waals surface area (Å²) in [5, 5.41) is 0. The normalized spacial score (nSPS) is 12.7. The quantitative estimate of drug-likeness (QED) is 0.645. The van der Waals surface area contributed by atoms with Gasteiger partial charge in [0.25, 0.3) is 0 Å². The highest BCUT2D eigenvalue weighted by Crippen LogP contribution is 2.30. The van der Waals surface area contributed by atoms with Crippen LogP contribution in [-0.2, 0) is 10.3 Å². The zero-order chi connectivity index (χ0) is 13.8. The van der Waals surface area contributed by atoms with Crippen molar-refractivity contribution >= 4 is 17.4 Å². The second-order valence-corrected chi connectivity index (χ2v) is 7.83. The zero-order valence-corrected chi connectivity index (χ0v) is 12.9. The number of thioether (sulfide) groups is 1.